The molecule has 2 fully saturated rings. The molecule has 178 valence electrons. The molecule has 3 aromatic carbocycles. The molecule has 8 heteroatoms. The normalized spacial score (nSPS) is 25.6. The fourth-order valence-corrected chi connectivity index (χ4v) is 5.76. The lowest BCUT2D eigenvalue weighted by Gasteiger charge is -2.31. The highest BCUT2D eigenvalue weighted by atomic mass is 79.9. The second-order valence-corrected chi connectivity index (χ2v) is 9.93. The van der Waals surface area contributed by atoms with Crippen molar-refractivity contribution >= 4 is 33.7 Å². The number of carbonyl (C=O) groups excluding carboxylic acids is 2. The smallest absolute Gasteiger partial charge is 0.325 e. The van der Waals surface area contributed by atoms with Crippen LogP contribution < -0.4 is 5.32 Å². The number of phenolic OH excluding ortho intramolecular Hbond substituents is 1. The zero-order valence-corrected chi connectivity index (χ0v) is 20.2. The molecule has 3 N–H and O–H groups in total. The van der Waals surface area contributed by atoms with Gasteiger partial charge in [0.1, 0.15) is 11.3 Å². The largest absolute Gasteiger partial charge is 0.508 e. The maximum absolute atomic E-state index is 13.8. The van der Waals surface area contributed by atoms with Crippen molar-refractivity contribution in [1.82, 2.24) is 10.2 Å². The molecule has 0 radical (unpaired) electrons. The van der Waals surface area contributed by atoms with Crippen molar-refractivity contribution in [2.45, 2.75) is 24.5 Å². The molecule has 2 amide bonds. The van der Waals surface area contributed by atoms with Crippen LogP contribution in [-0.2, 0) is 27.3 Å². The summed E-state index contributed by atoms with van der Waals surface area (Å²) in [4.78, 5) is 41.6. The zero-order chi connectivity index (χ0) is 24.7. The summed E-state index contributed by atoms with van der Waals surface area (Å²) in [6.45, 7) is 0.0593. The predicted molar refractivity (Wildman–Crippen MR) is 131 cm³/mol. The monoisotopic (exact) mass is 534 g/mol. The van der Waals surface area contributed by atoms with Crippen LogP contribution in [0.4, 0.5) is 0 Å². The predicted octanol–water partition coefficient (Wildman–Crippen LogP) is 3.67. The lowest BCUT2D eigenvalue weighted by Crippen LogP contribution is -2.57. The Morgan fingerprint density at radius 1 is 0.943 bits per heavy atom. The molecule has 0 saturated carbocycles. The molecule has 0 aromatic heterocycles. The third-order valence-electron chi connectivity index (χ3n) is 6.96. The zero-order valence-electron chi connectivity index (χ0n) is 18.6. The summed E-state index contributed by atoms with van der Waals surface area (Å²) < 4.78 is 0.664. The van der Waals surface area contributed by atoms with Crippen LogP contribution in [0.2, 0.25) is 0 Å². The first kappa shape index (κ1) is 23.3. The molecule has 2 aliphatic rings. The number of imide groups is 1. The first-order valence-electron chi connectivity index (χ1n) is 11.2. The van der Waals surface area contributed by atoms with E-state index in [2.05, 4.69) is 21.2 Å². The minimum Gasteiger partial charge on any atom is -0.508 e. The van der Waals surface area contributed by atoms with Gasteiger partial charge in [-0.2, -0.15) is 0 Å². The van der Waals surface area contributed by atoms with Gasteiger partial charge in [-0.25, -0.2) is 0 Å². The number of carboxylic acid groups (broad SMARTS) is 1. The van der Waals surface area contributed by atoms with Crippen molar-refractivity contribution in [1.29, 1.82) is 0 Å². The molecule has 5 rings (SSSR count). The maximum atomic E-state index is 13.8. The van der Waals surface area contributed by atoms with Crippen molar-refractivity contribution in [2.75, 3.05) is 0 Å². The average Bonchev–Trinajstić information content (AvgIpc) is 3.32. The van der Waals surface area contributed by atoms with Gasteiger partial charge < -0.3 is 10.2 Å². The van der Waals surface area contributed by atoms with Gasteiger partial charge in [-0.05, 0) is 29.3 Å². The summed E-state index contributed by atoms with van der Waals surface area (Å²) in [6.07, 6.45) is 0.00774. The Morgan fingerprint density at radius 3 is 2.20 bits per heavy atom. The average molecular weight is 535 g/mol. The van der Waals surface area contributed by atoms with Crippen LogP contribution in [-0.4, -0.2) is 38.4 Å². The van der Waals surface area contributed by atoms with Gasteiger partial charge >= 0.3 is 5.97 Å². The molecule has 3 aromatic rings. The number of carbonyl (C=O) groups is 3. The van der Waals surface area contributed by atoms with Gasteiger partial charge in [0, 0.05) is 22.5 Å². The van der Waals surface area contributed by atoms with Crippen LogP contribution in [0, 0.1) is 11.8 Å². The summed E-state index contributed by atoms with van der Waals surface area (Å²) in [6, 6.07) is 22.1. The van der Waals surface area contributed by atoms with E-state index < -0.39 is 41.2 Å². The van der Waals surface area contributed by atoms with E-state index in [0.717, 1.165) is 16.0 Å². The number of hydrogen-bond acceptors (Lipinski definition) is 5. The fraction of sp³-hybridized carbons (Fsp3) is 0.222. The number of nitrogens with zero attached hydrogens (tertiary/aromatic N) is 1. The highest BCUT2D eigenvalue weighted by molar-refractivity contribution is 9.10. The van der Waals surface area contributed by atoms with Crippen LogP contribution in [0.25, 0.3) is 0 Å². The van der Waals surface area contributed by atoms with E-state index in [-0.39, 0.29) is 18.7 Å². The second kappa shape index (κ2) is 8.94. The number of halogens is 1. The SMILES string of the molecule is O=C1[C@@H]2[C@H](c3cc(Br)ccc3O)N[C@@](Cc3ccccc3)(C(=O)O)[C@H]2C(=O)N1Cc1ccccc1. The van der Waals surface area contributed by atoms with Crippen molar-refractivity contribution < 1.29 is 24.6 Å². The highest BCUT2D eigenvalue weighted by Gasteiger charge is 2.68. The molecule has 0 aliphatic carbocycles. The van der Waals surface area contributed by atoms with Gasteiger partial charge in [-0.15, -0.1) is 0 Å². The van der Waals surface area contributed by atoms with E-state index >= 15 is 0 Å². The molecule has 0 bridgehead atoms. The molecule has 0 spiro atoms. The Morgan fingerprint density at radius 2 is 1.57 bits per heavy atom. The third-order valence-corrected chi connectivity index (χ3v) is 7.45. The quantitative estimate of drug-likeness (QED) is 0.416. The first-order valence-corrected chi connectivity index (χ1v) is 12.0. The van der Waals surface area contributed by atoms with Gasteiger partial charge in [0.2, 0.25) is 11.8 Å². The Bertz CT molecular complexity index is 1300. The van der Waals surface area contributed by atoms with E-state index in [1.165, 1.54) is 6.07 Å². The molecule has 2 saturated heterocycles. The molecule has 2 heterocycles. The number of aromatic hydroxyl groups is 1. The van der Waals surface area contributed by atoms with Crippen molar-refractivity contribution in [2.24, 2.45) is 11.8 Å². The molecule has 7 nitrogen and oxygen atoms in total. The standard InChI is InChI=1S/C27H23BrN2O5/c28-18-11-12-20(31)19(13-18)23-21-22(25(33)30(24(21)32)15-17-9-5-2-6-10-17)27(29-23,26(34)35)14-16-7-3-1-4-8-16/h1-13,21-23,29,31H,14-15H2,(H,34,35)/t21-,22+,23-,27+/m0/s1. The third kappa shape index (κ3) is 3.92. The van der Waals surface area contributed by atoms with E-state index in [0.29, 0.717) is 10.0 Å². The molecular weight excluding hydrogens is 512 g/mol. The number of carboxylic acids is 1. The molecular formula is C27H23BrN2O5. The summed E-state index contributed by atoms with van der Waals surface area (Å²) in [5, 5.41) is 24.3. The number of amides is 2. The molecule has 0 unspecified atom stereocenters. The number of hydrogen-bond donors (Lipinski definition) is 3. The van der Waals surface area contributed by atoms with Crippen LogP contribution in [0.15, 0.2) is 83.3 Å². The number of likely N-dealkylation sites (tertiary alicyclic amines) is 1. The minimum absolute atomic E-state index is 0.00774. The van der Waals surface area contributed by atoms with E-state index in [1.807, 2.05) is 36.4 Å². The summed E-state index contributed by atoms with van der Waals surface area (Å²) in [7, 11) is 0. The fourth-order valence-electron chi connectivity index (χ4n) is 5.38. The van der Waals surface area contributed by atoms with E-state index in [9.17, 15) is 24.6 Å². The summed E-state index contributed by atoms with van der Waals surface area (Å²) in [5.74, 6) is -4.38. The van der Waals surface area contributed by atoms with Crippen LogP contribution in [0.1, 0.15) is 22.7 Å². The summed E-state index contributed by atoms with van der Waals surface area (Å²) in [5.41, 5.74) is 0.132. The van der Waals surface area contributed by atoms with Gasteiger partial charge in [0.25, 0.3) is 0 Å². The number of nitrogens with one attached hydrogen (secondary N) is 1. The number of fused-ring (bicyclic) bond motifs is 1. The Balaban J connectivity index is 1.63. The van der Waals surface area contributed by atoms with Gasteiger partial charge in [0.15, 0.2) is 0 Å². The van der Waals surface area contributed by atoms with Crippen LogP contribution in [0.3, 0.4) is 0 Å². The van der Waals surface area contributed by atoms with Gasteiger partial charge in [-0.3, -0.25) is 24.6 Å². The molecule has 4 atom stereocenters. The molecule has 35 heavy (non-hydrogen) atoms. The minimum atomic E-state index is -1.73. The van der Waals surface area contributed by atoms with Crippen molar-refractivity contribution in [3.05, 3.63) is 100 Å². The number of aliphatic carboxylic acids is 1. The van der Waals surface area contributed by atoms with Crippen molar-refractivity contribution in [3.8, 4) is 5.75 Å². The lowest BCUT2D eigenvalue weighted by atomic mass is 9.76. The van der Waals surface area contributed by atoms with Crippen LogP contribution in [0.5, 0.6) is 5.75 Å². The number of phenols is 1. The highest BCUT2D eigenvalue weighted by Crippen LogP contribution is 2.51. The topological polar surface area (TPSA) is 107 Å². The van der Waals surface area contributed by atoms with Gasteiger partial charge in [0.05, 0.1) is 18.4 Å². The van der Waals surface area contributed by atoms with Crippen LogP contribution >= 0.6 is 15.9 Å². The molecule has 2 aliphatic heterocycles. The van der Waals surface area contributed by atoms with E-state index in [1.54, 1.807) is 36.4 Å². The summed E-state index contributed by atoms with van der Waals surface area (Å²) >= 11 is 3.39. The Kier molecular flexibility index (Phi) is 5.94. The Labute approximate surface area is 210 Å². The number of benzene rings is 3. The lowest BCUT2D eigenvalue weighted by molar-refractivity contribution is -0.151. The maximum Gasteiger partial charge on any atom is 0.325 e. The van der Waals surface area contributed by atoms with Crippen molar-refractivity contribution in [3.63, 3.8) is 0 Å². The van der Waals surface area contributed by atoms with E-state index in [4.69, 9.17) is 0 Å². The first-order chi connectivity index (χ1) is 16.8. The Hall–Kier alpha value is -3.49. The second-order valence-electron chi connectivity index (χ2n) is 9.02. The number of rotatable bonds is 6. The van der Waals surface area contributed by atoms with Gasteiger partial charge in [-0.1, -0.05) is 76.6 Å².